The van der Waals surface area contributed by atoms with E-state index in [1.54, 1.807) is 34.3 Å². The highest BCUT2D eigenvalue weighted by Gasteiger charge is 2.49. The molecule has 0 atom stereocenters. The maximum atomic E-state index is 11.9. The molecule has 0 N–H and O–H groups in total. The summed E-state index contributed by atoms with van der Waals surface area (Å²) < 4.78 is 11.7. The van der Waals surface area contributed by atoms with Crippen molar-refractivity contribution >= 4 is 35.0 Å². The Bertz CT molecular complexity index is 1970. The third kappa shape index (κ3) is 6.82. The van der Waals surface area contributed by atoms with E-state index in [1.807, 2.05) is 52.3 Å². The number of carbonyl (C=O) groups is 2. The predicted molar refractivity (Wildman–Crippen MR) is 211 cm³/mol. The number of hydrogen-bond donors (Lipinski definition) is 0. The van der Waals surface area contributed by atoms with Gasteiger partial charge in [0.05, 0.1) is 35.7 Å². The van der Waals surface area contributed by atoms with Crippen molar-refractivity contribution in [2.24, 2.45) is 10.8 Å². The number of nitrogens with zero attached hydrogens (tertiary/aromatic N) is 6. The van der Waals surface area contributed by atoms with Crippen molar-refractivity contribution in [1.29, 1.82) is 0 Å². The van der Waals surface area contributed by atoms with E-state index >= 15 is 0 Å². The van der Waals surface area contributed by atoms with E-state index < -0.39 is 0 Å². The fraction of sp³-hybridized carbons (Fsp3) is 0.429. The zero-order valence-corrected chi connectivity index (χ0v) is 32.8. The molecule has 2 amide bonds. The average molecular weight is 770 g/mol. The Kier molecular flexibility index (Phi) is 9.83. The summed E-state index contributed by atoms with van der Waals surface area (Å²) in [6.45, 7) is 12.1. The number of methoxy groups -OCH3 is 2. The fourth-order valence-corrected chi connectivity index (χ4v) is 9.81. The Morgan fingerprint density at radius 2 is 1.31 bits per heavy atom. The molecule has 54 heavy (non-hydrogen) atoms. The van der Waals surface area contributed by atoms with E-state index in [1.165, 1.54) is 0 Å². The zero-order valence-electron chi connectivity index (χ0n) is 31.3. The quantitative estimate of drug-likeness (QED) is 0.182. The molecule has 4 aliphatic heterocycles. The Hall–Kier alpha value is -4.22. The number of carbonyl (C=O) groups excluding carboxylic acids is 2. The summed E-state index contributed by atoms with van der Waals surface area (Å²) in [5, 5.41) is 1.03. The molecule has 0 saturated carbocycles. The van der Waals surface area contributed by atoms with Crippen LogP contribution in [0.25, 0.3) is 33.6 Å². The number of likely N-dealkylation sites (tertiary alicyclic amines) is 4. The predicted octanol–water partition coefficient (Wildman–Crippen LogP) is 6.91. The molecule has 2 spiro atoms. The summed E-state index contributed by atoms with van der Waals surface area (Å²) >= 11 is 14.3. The molecule has 282 valence electrons. The summed E-state index contributed by atoms with van der Waals surface area (Å²) in [7, 11) is 3.34. The lowest BCUT2D eigenvalue weighted by Gasteiger charge is -2.48. The Morgan fingerprint density at radius 3 is 1.91 bits per heavy atom. The lowest BCUT2D eigenvalue weighted by atomic mass is 9.79. The lowest BCUT2D eigenvalue weighted by Crippen LogP contribution is -2.57. The van der Waals surface area contributed by atoms with E-state index in [0.29, 0.717) is 27.3 Å². The molecule has 12 heteroatoms. The number of rotatable bonds is 9. The van der Waals surface area contributed by atoms with Crippen LogP contribution in [0, 0.1) is 10.8 Å². The highest BCUT2D eigenvalue weighted by Crippen LogP contribution is 2.45. The molecule has 2 aromatic heterocycles. The molecule has 4 aliphatic rings. The molecule has 10 nitrogen and oxygen atoms in total. The van der Waals surface area contributed by atoms with Crippen LogP contribution in [0.4, 0.5) is 0 Å². The van der Waals surface area contributed by atoms with Crippen LogP contribution in [0.15, 0.2) is 60.8 Å². The van der Waals surface area contributed by atoms with Gasteiger partial charge >= 0.3 is 0 Å². The number of ether oxygens (including phenoxy) is 2. The van der Waals surface area contributed by atoms with Crippen LogP contribution in [-0.4, -0.2) is 108 Å². The molecular weight excluding hydrogens is 723 g/mol. The SMILES string of the molecule is COc1cc(-c2nccc(-c3cccc(-c4ccc(CN5CC6(CCN(C(C)=O)C6)C5)c(OC)n4)c3Cl)c2Cl)ccc1CN1CC2(CCN(C(C)=O)C2)C1. The fourth-order valence-electron chi connectivity index (χ4n) is 9.16. The first kappa shape index (κ1) is 36.7. The van der Waals surface area contributed by atoms with Crippen molar-refractivity contribution < 1.29 is 19.1 Å². The monoisotopic (exact) mass is 768 g/mol. The van der Waals surface area contributed by atoms with Gasteiger partial charge in [0.1, 0.15) is 5.75 Å². The topological polar surface area (TPSA) is 91.3 Å². The van der Waals surface area contributed by atoms with Gasteiger partial charge in [-0.25, -0.2) is 4.98 Å². The molecule has 4 saturated heterocycles. The molecule has 4 aromatic rings. The molecule has 0 unspecified atom stereocenters. The number of hydrogen-bond acceptors (Lipinski definition) is 8. The van der Waals surface area contributed by atoms with Gasteiger partial charge in [-0.15, -0.1) is 0 Å². The van der Waals surface area contributed by atoms with E-state index in [4.69, 9.17) is 37.7 Å². The normalized spacial score (nSPS) is 18.9. The van der Waals surface area contributed by atoms with Crippen LogP contribution in [0.3, 0.4) is 0 Å². The van der Waals surface area contributed by atoms with Crippen molar-refractivity contribution in [3.8, 4) is 45.3 Å². The average Bonchev–Trinajstić information content (AvgIpc) is 3.79. The minimum atomic E-state index is 0.160. The first-order valence-corrected chi connectivity index (χ1v) is 19.4. The van der Waals surface area contributed by atoms with Crippen LogP contribution in [-0.2, 0) is 22.7 Å². The minimum Gasteiger partial charge on any atom is -0.496 e. The van der Waals surface area contributed by atoms with Crippen molar-refractivity contribution in [3.05, 3.63) is 82.0 Å². The second-order valence-electron chi connectivity index (χ2n) is 15.8. The lowest BCUT2D eigenvalue weighted by molar-refractivity contribution is -0.129. The number of pyridine rings is 2. The van der Waals surface area contributed by atoms with Gasteiger partial charge in [-0.2, -0.15) is 0 Å². The maximum Gasteiger partial charge on any atom is 0.219 e. The van der Waals surface area contributed by atoms with Crippen molar-refractivity contribution in [2.45, 2.75) is 39.8 Å². The Labute approximate surface area is 327 Å². The van der Waals surface area contributed by atoms with Crippen LogP contribution < -0.4 is 9.47 Å². The van der Waals surface area contributed by atoms with Gasteiger partial charge in [0.2, 0.25) is 17.7 Å². The smallest absolute Gasteiger partial charge is 0.219 e. The second-order valence-corrected chi connectivity index (χ2v) is 16.5. The van der Waals surface area contributed by atoms with Crippen LogP contribution >= 0.6 is 23.2 Å². The van der Waals surface area contributed by atoms with Crippen LogP contribution in [0.2, 0.25) is 10.0 Å². The standard InChI is InChI=1S/C42H46Cl2N6O4/c1-27(51)49-16-13-41(25-49)21-47(22-41)19-30-9-8-29(18-36(30)53-3)39-38(44)33(12-15-45-39)32-6-5-7-34(37(32)43)35-11-10-31(40(46-35)54-4)20-48-23-42(24-48)14-17-50(26-42)28(2)52/h5-12,15,18H,13-14,16-17,19-26H2,1-4H3. The second kappa shape index (κ2) is 14.5. The third-order valence-corrected chi connectivity index (χ3v) is 12.7. The van der Waals surface area contributed by atoms with Gasteiger partial charge in [0.25, 0.3) is 0 Å². The summed E-state index contributed by atoms with van der Waals surface area (Å²) in [5.41, 5.74) is 7.05. The molecular formula is C42H46Cl2N6O4. The maximum absolute atomic E-state index is 11.9. The van der Waals surface area contributed by atoms with Crippen LogP contribution in [0.5, 0.6) is 11.6 Å². The number of aromatic nitrogens is 2. The van der Waals surface area contributed by atoms with E-state index in [9.17, 15) is 9.59 Å². The highest BCUT2D eigenvalue weighted by molar-refractivity contribution is 6.39. The van der Waals surface area contributed by atoms with Crippen molar-refractivity contribution in [1.82, 2.24) is 29.6 Å². The van der Waals surface area contributed by atoms with Crippen LogP contribution in [0.1, 0.15) is 37.8 Å². The third-order valence-electron chi connectivity index (χ3n) is 11.9. The van der Waals surface area contributed by atoms with E-state index in [0.717, 1.165) is 117 Å². The van der Waals surface area contributed by atoms with Crippen molar-refractivity contribution in [3.63, 3.8) is 0 Å². The number of amides is 2. The molecule has 0 radical (unpaired) electrons. The van der Waals surface area contributed by atoms with Gasteiger partial charge in [0, 0.05) is 130 Å². The van der Waals surface area contributed by atoms with Gasteiger partial charge in [-0.1, -0.05) is 59.6 Å². The highest BCUT2D eigenvalue weighted by atomic mass is 35.5. The summed E-state index contributed by atoms with van der Waals surface area (Å²) in [4.78, 5) is 42.1. The van der Waals surface area contributed by atoms with Gasteiger partial charge in [-0.3, -0.25) is 24.4 Å². The molecule has 0 bridgehead atoms. The van der Waals surface area contributed by atoms with Gasteiger partial charge in [-0.05, 0) is 31.0 Å². The number of benzene rings is 2. The number of halogens is 2. The van der Waals surface area contributed by atoms with Crippen molar-refractivity contribution in [2.75, 3.05) is 66.6 Å². The largest absolute Gasteiger partial charge is 0.496 e. The molecule has 8 rings (SSSR count). The molecule has 0 aliphatic carbocycles. The van der Waals surface area contributed by atoms with Gasteiger partial charge in [0.15, 0.2) is 0 Å². The first-order valence-electron chi connectivity index (χ1n) is 18.6. The summed E-state index contributed by atoms with van der Waals surface area (Å²) in [6, 6.07) is 18.0. The summed E-state index contributed by atoms with van der Waals surface area (Å²) in [6.07, 6.45) is 3.87. The molecule has 4 fully saturated rings. The Morgan fingerprint density at radius 1 is 0.722 bits per heavy atom. The van der Waals surface area contributed by atoms with Gasteiger partial charge < -0.3 is 19.3 Å². The van der Waals surface area contributed by atoms with E-state index in [-0.39, 0.29) is 22.6 Å². The molecule has 2 aromatic carbocycles. The zero-order chi connectivity index (χ0) is 37.8. The summed E-state index contributed by atoms with van der Waals surface area (Å²) in [5.74, 6) is 1.68. The van der Waals surface area contributed by atoms with E-state index in [2.05, 4.69) is 26.9 Å². The minimum absolute atomic E-state index is 0.160. The first-order chi connectivity index (χ1) is 26.0. The Balaban J connectivity index is 0.981. The molecule has 6 heterocycles.